The van der Waals surface area contributed by atoms with Crippen molar-refractivity contribution in [3.05, 3.63) is 39.9 Å². The third-order valence-corrected chi connectivity index (χ3v) is 4.48. The summed E-state index contributed by atoms with van der Waals surface area (Å²) in [4.78, 5) is 17.3. The second-order valence-electron chi connectivity index (χ2n) is 6.50. The first-order valence-corrected chi connectivity index (χ1v) is 9.51. The molecule has 0 radical (unpaired) electrons. The van der Waals surface area contributed by atoms with Gasteiger partial charge >= 0.3 is 0 Å². The fraction of sp³-hybridized carbons (Fsp3) is 0.632. The number of hydrogen-bond donors (Lipinski definition) is 1. The molecule has 1 N–H and O–H groups in total. The number of non-ortho nitro benzene ring substituents is 1. The van der Waals surface area contributed by atoms with Gasteiger partial charge in [-0.1, -0.05) is 12.1 Å². The van der Waals surface area contributed by atoms with E-state index in [1.165, 1.54) is 12.1 Å². The van der Waals surface area contributed by atoms with Gasteiger partial charge < -0.3 is 19.7 Å². The molecule has 1 aliphatic heterocycles. The predicted molar refractivity (Wildman–Crippen MR) is 120 cm³/mol. The molecule has 0 atom stereocenters. The molecule has 0 aromatic heterocycles. The van der Waals surface area contributed by atoms with Crippen molar-refractivity contribution in [3.63, 3.8) is 0 Å². The number of nitro benzene ring substituents is 1. The van der Waals surface area contributed by atoms with Gasteiger partial charge in [0.25, 0.3) is 5.69 Å². The van der Waals surface area contributed by atoms with E-state index < -0.39 is 4.92 Å². The first-order chi connectivity index (χ1) is 13.1. The highest BCUT2D eigenvalue weighted by Gasteiger charge is 2.21. The Bertz CT molecular complexity index is 604. The van der Waals surface area contributed by atoms with Gasteiger partial charge in [0.2, 0.25) is 0 Å². The van der Waals surface area contributed by atoms with Gasteiger partial charge in [0.1, 0.15) is 0 Å². The number of guanidine groups is 1. The van der Waals surface area contributed by atoms with Crippen LogP contribution in [0.5, 0.6) is 0 Å². The molecule has 2 rings (SSSR count). The molecule has 0 bridgehead atoms. The Morgan fingerprint density at radius 1 is 1.29 bits per heavy atom. The minimum absolute atomic E-state index is 0. The van der Waals surface area contributed by atoms with Crippen molar-refractivity contribution in [2.75, 3.05) is 40.0 Å². The number of rotatable bonds is 9. The highest BCUT2D eigenvalue weighted by molar-refractivity contribution is 14.0. The highest BCUT2D eigenvalue weighted by atomic mass is 127. The quantitative estimate of drug-likeness (QED) is 0.138. The molecule has 0 saturated carbocycles. The van der Waals surface area contributed by atoms with Crippen molar-refractivity contribution < 1.29 is 14.4 Å². The molecule has 1 fully saturated rings. The zero-order valence-electron chi connectivity index (χ0n) is 16.6. The van der Waals surface area contributed by atoms with E-state index in [1.807, 2.05) is 6.92 Å². The number of halogens is 1. The van der Waals surface area contributed by atoms with Crippen LogP contribution >= 0.6 is 24.0 Å². The van der Waals surface area contributed by atoms with Gasteiger partial charge in [0.15, 0.2) is 5.96 Å². The van der Waals surface area contributed by atoms with Crippen LogP contribution < -0.4 is 5.32 Å². The molecule has 0 spiro atoms. The van der Waals surface area contributed by atoms with Crippen molar-refractivity contribution in [2.24, 2.45) is 4.99 Å². The van der Waals surface area contributed by atoms with Crippen LogP contribution in [0.3, 0.4) is 0 Å². The molecule has 1 saturated heterocycles. The molecule has 1 aromatic carbocycles. The second-order valence-corrected chi connectivity index (χ2v) is 6.50. The van der Waals surface area contributed by atoms with E-state index in [9.17, 15) is 10.1 Å². The lowest BCUT2D eigenvalue weighted by Crippen LogP contribution is -2.47. The third-order valence-electron chi connectivity index (χ3n) is 4.48. The van der Waals surface area contributed by atoms with Crippen LogP contribution in [0.2, 0.25) is 0 Å². The molecule has 1 aromatic rings. The molecule has 0 aliphatic carbocycles. The molecular formula is C19H31IN4O4. The van der Waals surface area contributed by atoms with Gasteiger partial charge in [-0.3, -0.25) is 10.1 Å². The number of hydrogen-bond acceptors (Lipinski definition) is 5. The Balaban J connectivity index is 0.00000392. The summed E-state index contributed by atoms with van der Waals surface area (Å²) in [5.74, 6) is 0.883. The monoisotopic (exact) mass is 506 g/mol. The van der Waals surface area contributed by atoms with Crippen LogP contribution in [-0.2, 0) is 16.0 Å². The van der Waals surface area contributed by atoms with E-state index in [1.54, 1.807) is 19.2 Å². The number of nitrogens with zero attached hydrogens (tertiary/aromatic N) is 3. The largest absolute Gasteiger partial charge is 0.385 e. The van der Waals surface area contributed by atoms with E-state index in [0.717, 1.165) is 63.6 Å². The van der Waals surface area contributed by atoms with Gasteiger partial charge in [0.05, 0.1) is 17.6 Å². The number of aliphatic imine (C=N–C) groups is 1. The topological polar surface area (TPSA) is 89.2 Å². The van der Waals surface area contributed by atoms with E-state index >= 15 is 0 Å². The summed E-state index contributed by atoms with van der Waals surface area (Å²) in [5.41, 5.74) is 1.05. The minimum Gasteiger partial charge on any atom is -0.385 e. The van der Waals surface area contributed by atoms with Gasteiger partial charge in [-0.2, -0.15) is 0 Å². The van der Waals surface area contributed by atoms with E-state index in [4.69, 9.17) is 14.5 Å². The zero-order chi connectivity index (χ0) is 19.5. The molecule has 1 aliphatic rings. The molecule has 9 heteroatoms. The molecule has 8 nitrogen and oxygen atoms in total. The second kappa shape index (κ2) is 13.7. The lowest BCUT2D eigenvalue weighted by molar-refractivity contribution is -0.384. The van der Waals surface area contributed by atoms with Crippen LogP contribution in [-0.4, -0.2) is 61.8 Å². The van der Waals surface area contributed by atoms with E-state index in [2.05, 4.69) is 10.2 Å². The summed E-state index contributed by atoms with van der Waals surface area (Å²) in [6.45, 7) is 6.63. The average Bonchev–Trinajstić information content (AvgIpc) is 2.69. The van der Waals surface area contributed by atoms with Crippen LogP contribution in [0.15, 0.2) is 29.3 Å². The predicted octanol–water partition coefficient (Wildman–Crippen LogP) is 3.20. The maximum Gasteiger partial charge on any atom is 0.269 e. The number of benzene rings is 1. The van der Waals surface area contributed by atoms with Gasteiger partial charge in [0, 0.05) is 52.1 Å². The number of nitro groups is 1. The summed E-state index contributed by atoms with van der Waals surface area (Å²) in [6.07, 6.45) is 3.19. The van der Waals surface area contributed by atoms with Crippen LogP contribution in [0.4, 0.5) is 5.69 Å². The molecule has 158 valence electrons. The maximum atomic E-state index is 10.7. The van der Waals surface area contributed by atoms with E-state index in [0.29, 0.717) is 12.6 Å². The summed E-state index contributed by atoms with van der Waals surface area (Å²) in [5, 5.41) is 14.1. The highest BCUT2D eigenvalue weighted by Crippen LogP contribution is 2.16. The van der Waals surface area contributed by atoms with Gasteiger partial charge in [-0.25, -0.2) is 4.99 Å². The first kappa shape index (κ1) is 24.6. The molecular weight excluding hydrogens is 475 g/mol. The zero-order valence-corrected chi connectivity index (χ0v) is 19.0. The summed E-state index contributed by atoms with van der Waals surface area (Å²) < 4.78 is 11.0. The smallest absolute Gasteiger partial charge is 0.269 e. The Morgan fingerprint density at radius 3 is 2.54 bits per heavy atom. The van der Waals surface area contributed by atoms with Gasteiger partial charge in [-0.15, -0.1) is 24.0 Å². The summed E-state index contributed by atoms with van der Waals surface area (Å²) >= 11 is 0. The van der Waals surface area contributed by atoms with Crippen LogP contribution in [0, 0.1) is 10.1 Å². The van der Waals surface area contributed by atoms with Crippen molar-refractivity contribution in [3.8, 4) is 0 Å². The van der Waals surface area contributed by atoms with Crippen molar-refractivity contribution >= 4 is 35.6 Å². The SMILES string of the molecule is CCNC(=NCc1ccc([N+](=O)[O-])cc1)N1CCC(OCCCOC)CC1.I. The first-order valence-electron chi connectivity index (χ1n) is 9.51. The van der Waals surface area contributed by atoms with E-state index in [-0.39, 0.29) is 29.7 Å². The summed E-state index contributed by atoms with van der Waals surface area (Å²) in [6, 6.07) is 6.55. The Labute approximate surface area is 183 Å². The standard InChI is InChI=1S/C19H30N4O4.HI/c1-3-20-19(21-15-16-5-7-17(8-6-16)23(24)25)22-11-9-18(10-12-22)27-14-4-13-26-2;/h5-8,18H,3-4,9-15H2,1-2H3,(H,20,21);1H. The molecule has 1 heterocycles. The number of likely N-dealkylation sites (tertiary alicyclic amines) is 1. The van der Waals surface area contributed by atoms with Crippen molar-refractivity contribution in [1.82, 2.24) is 10.2 Å². The fourth-order valence-electron chi connectivity index (χ4n) is 3.00. The summed E-state index contributed by atoms with van der Waals surface area (Å²) in [7, 11) is 1.71. The van der Waals surface area contributed by atoms with Crippen molar-refractivity contribution in [2.45, 2.75) is 38.8 Å². The Morgan fingerprint density at radius 2 is 1.96 bits per heavy atom. The number of methoxy groups -OCH3 is 1. The molecule has 0 unspecified atom stereocenters. The molecule has 28 heavy (non-hydrogen) atoms. The van der Waals surface area contributed by atoms with Crippen LogP contribution in [0.25, 0.3) is 0 Å². The third kappa shape index (κ3) is 8.27. The maximum absolute atomic E-state index is 10.7. The lowest BCUT2D eigenvalue weighted by atomic mass is 10.1. The fourth-order valence-corrected chi connectivity index (χ4v) is 3.00. The minimum atomic E-state index is -0.390. The molecule has 0 amide bonds. The van der Waals surface area contributed by atoms with Crippen molar-refractivity contribution in [1.29, 1.82) is 0 Å². The Kier molecular flexibility index (Phi) is 12.0. The number of nitrogens with one attached hydrogen (secondary N) is 1. The average molecular weight is 506 g/mol. The number of piperidine rings is 1. The number of ether oxygens (including phenoxy) is 2. The lowest BCUT2D eigenvalue weighted by Gasteiger charge is -2.34. The van der Waals surface area contributed by atoms with Gasteiger partial charge in [-0.05, 0) is 31.7 Å². The Hall–Kier alpha value is -1.46. The normalized spacial score (nSPS) is 15.2. The van der Waals surface area contributed by atoms with Crippen LogP contribution in [0.1, 0.15) is 31.7 Å².